The summed E-state index contributed by atoms with van der Waals surface area (Å²) in [6.07, 6.45) is 13.6. The SMILES string of the molecule is CC[C@]1(C2c3ccccc3CCC2N)C=CC=CC1. The lowest BCUT2D eigenvalue weighted by atomic mass is 9.61. The molecule has 0 aromatic heterocycles. The average Bonchev–Trinajstić information content (AvgIpc) is 2.48. The monoisotopic (exact) mass is 253 g/mol. The molecule has 3 rings (SSSR count). The summed E-state index contributed by atoms with van der Waals surface area (Å²) < 4.78 is 0. The van der Waals surface area contributed by atoms with E-state index in [1.807, 2.05) is 0 Å². The Balaban J connectivity index is 2.08. The Kier molecular flexibility index (Phi) is 3.32. The van der Waals surface area contributed by atoms with E-state index in [0.29, 0.717) is 5.92 Å². The maximum atomic E-state index is 6.53. The van der Waals surface area contributed by atoms with Gasteiger partial charge in [0.2, 0.25) is 0 Å². The molecule has 1 nitrogen and oxygen atoms in total. The van der Waals surface area contributed by atoms with Crippen molar-refractivity contribution >= 4 is 0 Å². The van der Waals surface area contributed by atoms with Crippen molar-refractivity contribution in [2.24, 2.45) is 11.1 Å². The molecule has 1 aromatic rings. The lowest BCUT2D eigenvalue weighted by Crippen LogP contribution is -2.43. The van der Waals surface area contributed by atoms with Crippen LogP contribution in [0.5, 0.6) is 0 Å². The lowest BCUT2D eigenvalue weighted by molar-refractivity contribution is 0.239. The number of hydrogen-bond donors (Lipinski definition) is 1. The quantitative estimate of drug-likeness (QED) is 0.848. The van der Waals surface area contributed by atoms with Crippen LogP contribution < -0.4 is 5.73 Å². The fourth-order valence-corrected chi connectivity index (χ4v) is 3.91. The first-order chi connectivity index (χ1) is 9.27. The second kappa shape index (κ2) is 4.97. The third-order valence-corrected chi connectivity index (χ3v) is 5.02. The number of hydrogen-bond acceptors (Lipinski definition) is 1. The van der Waals surface area contributed by atoms with Crippen molar-refractivity contribution in [3.8, 4) is 0 Å². The van der Waals surface area contributed by atoms with Crippen molar-refractivity contribution in [1.82, 2.24) is 0 Å². The largest absolute Gasteiger partial charge is 0.327 e. The van der Waals surface area contributed by atoms with Gasteiger partial charge in [-0.25, -0.2) is 0 Å². The first-order valence-electron chi connectivity index (χ1n) is 7.44. The van der Waals surface area contributed by atoms with E-state index in [9.17, 15) is 0 Å². The third-order valence-electron chi connectivity index (χ3n) is 5.02. The van der Waals surface area contributed by atoms with Gasteiger partial charge in [0.25, 0.3) is 0 Å². The van der Waals surface area contributed by atoms with E-state index in [4.69, 9.17) is 5.73 Å². The molecule has 2 aliphatic carbocycles. The van der Waals surface area contributed by atoms with E-state index >= 15 is 0 Å². The van der Waals surface area contributed by atoms with Gasteiger partial charge in [0, 0.05) is 17.4 Å². The van der Waals surface area contributed by atoms with Crippen LogP contribution in [0.1, 0.15) is 43.2 Å². The molecule has 2 aliphatic rings. The summed E-state index contributed by atoms with van der Waals surface area (Å²) in [6, 6.07) is 9.17. The van der Waals surface area contributed by atoms with Crippen molar-refractivity contribution < 1.29 is 0 Å². The van der Waals surface area contributed by atoms with Crippen LogP contribution in [-0.2, 0) is 6.42 Å². The highest BCUT2D eigenvalue weighted by molar-refractivity contribution is 5.38. The van der Waals surface area contributed by atoms with E-state index in [1.54, 1.807) is 0 Å². The molecule has 2 unspecified atom stereocenters. The normalized spacial score (nSPS) is 33.2. The Hall–Kier alpha value is -1.34. The molecule has 0 spiro atoms. The van der Waals surface area contributed by atoms with Crippen LogP contribution in [0.2, 0.25) is 0 Å². The summed E-state index contributed by atoms with van der Waals surface area (Å²) in [4.78, 5) is 0. The zero-order chi connectivity index (χ0) is 13.3. The number of nitrogens with two attached hydrogens (primary N) is 1. The topological polar surface area (TPSA) is 26.0 Å². The molecule has 1 aromatic carbocycles. The Morgan fingerprint density at radius 2 is 2.11 bits per heavy atom. The van der Waals surface area contributed by atoms with Crippen LogP contribution in [-0.4, -0.2) is 6.04 Å². The summed E-state index contributed by atoms with van der Waals surface area (Å²) in [5, 5.41) is 0. The van der Waals surface area contributed by atoms with Crippen LogP contribution in [0.4, 0.5) is 0 Å². The third kappa shape index (κ3) is 2.06. The Morgan fingerprint density at radius 1 is 1.26 bits per heavy atom. The van der Waals surface area contributed by atoms with Crippen molar-refractivity contribution in [1.29, 1.82) is 0 Å². The van der Waals surface area contributed by atoms with Crippen LogP contribution >= 0.6 is 0 Å². The minimum atomic E-state index is 0.213. The van der Waals surface area contributed by atoms with Gasteiger partial charge in [-0.3, -0.25) is 0 Å². The molecule has 19 heavy (non-hydrogen) atoms. The van der Waals surface area contributed by atoms with Gasteiger partial charge < -0.3 is 5.73 Å². The molecule has 0 bridgehead atoms. The smallest absolute Gasteiger partial charge is 0.0120 e. The number of benzene rings is 1. The van der Waals surface area contributed by atoms with Crippen molar-refractivity contribution in [2.45, 2.75) is 44.6 Å². The molecule has 0 fully saturated rings. The maximum absolute atomic E-state index is 6.53. The molecule has 100 valence electrons. The van der Waals surface area contributed by atoms with Crippen molar-refractivity contribution in [3.05, 3.63) is 59.7 Å². The summed E-state index contributed by atoms with van der Waals surface area (Å²) in [5.74, 6) is 0.462. The van der Waals surface area contributed by atoms with E-state index in [-0.39, 0.29) is 11.5 Å². The molecule has 0 heterocycles. The van der Waals surface area contributed by atoms with E-state index in [1.165, 1.54) is 11.1 Å². The lowest BCUT2D eigenvalue weighted by Gasteiger charge is -2.45. The average molecular weight is 253 g/mol. The predicted molar refractivity (Wildman–Crippen MR) is 81.1 cm³/mol. The Labute approximate surface area is 116 Å². The predicted octanol–water partition coefficient (Wildman–Crippen LogP) is 3.96. The molecule has 3 atom stereocenters. The summed E-state index contributed by atoms with van der Waals surface area (Å²) in [5.41, 5.74) is 9.73. The number of allylic oxidation sites excluding steroid dienone is 4. The zero-order valence-corrected chi connectivity index (χ0v) is 11.7. The van der Waals surface area contributed by atoms with Gasteiger partial charge in [-0.05, 0) is 36.8 Å². The van der Waals surface area contributed by atoms with Crippen molar-refractivity contribution in [2.75, 3.05) is 0 Å². The number of fused-ring (bicyclic) bond motifs is 1. The minimum absolute atomic E-state index is 0.213. The van der Waals surface area contributed by atoms with Gasteiger partial charge in [-0.15, -0.1) is 0 Å². The van der Waals surface area contributed by atoms with Gasteiger partial charge in [0.05, 0.1) is 0 Å². The maximum Gasteiger partial charge on any atom is 0.0120 e. The molecule has 0 amide bonds. The fourth-order valence-electron chi connectivity index (χ4n) is 3.91. The van der Waals surface area contributed by atoms with E-state index in [2.05, 4.69) is 55.5 Å². The summed E-state index contributed by atoms with van der Waals surface area (Å²) in [6.45, 7) is 2.30. The number of rotatable bonds is 2. The van der Waals surface area contributed by atoms with Gasteiger partial charge in [0.1, 0.15) is 0 Å². The molecule has 0 saturated carbocycles. The standard InChI is InChI=1S/C18H23N/c1-2-18(12-6-3-7-13-18)17-15-9-5-4-8-14(15)10-11-16(17)19/h3-9,12,16-17H,2,10-11,13,19H2,1H3/t16?,17?,18-/m0/s1. The van der Waals surface area contributed by atoms with E-state index < -0.39 is 0 Å². The summed E-state index contributed by atoms with van der Waals surface area (Å²) in [7, 11) is 0. The van der Waals surface area contributed by atoms with E-state index in [0.717, 1.165) is 25.7 Å². The minimum Gasteiger partial charge on any atom is -0.327 e. The molecular weight excluding hydrogens is 230 g/mol. The fraction of sp³-hybridized carbons (Fsp3) is 0.444. The second-order valence-electron chi connectivity index (χ2n) is 5.96. The van der Waals surface area contributed by atoms with Gasteiger partial charge in [0.15, 0.2) is 0 Å². The van der Waals surface area contributed by atoms with Gasteiger partial charge in [-0.1, -0.05) is 55.5 Å². The molecule has 0 aliphatic heterocycles. The van der Waals surface area contributed by atoms with Gasteiger partial charge in [-0.2, -0.15) is 0 Å². The van der Waals surface area contributed by atoms with Crippen LogP contribution in [0, 0.1) is 5.41 Å². The second-order valence-corrected chi connectivity index (χ2v) is 5.96. The molecular formula is C18H23N. The molecule has 2 N–H and O–H groups in total. The Morgan fingerprint density at radius 3 is 2.84 bits per heavy atom. The highest BCUT2D eigenvalue weighted by Gasteiger charge is 2.41. The van der Waals surface area contributed by atoms with Crippen molar-refractivity contribution in [3.63, 3.8) is 0 Å². The first-order valence-corrected chi connectivity index (χ1v) is 7.44. The highest BCUT2D eigenvalue weighted by atomic mass is 14.7. The molecule has 0 saturated heterocycles. The number of aryl methyl sites for hydroxylation is 1. The zero-order valence-electron chi connectivity index (χ0n) is 11.7. The van der Waals surface area contributed by atoms with Crippen LogP contribution in [0.25, 0.3) is 0 Å². The molecule has 1 heteroatoms. The highest BCUT2D eigenvalue weighted by Crippen LogP contribution is 2.49. The summed E-state index contributed by atoms with van der Waals surface area (Å²) >= 11 is 0. The Bertz CT molecular complexity index is 514. The van der Waals surface area contributed by atoms with Gasteiger partial charge >= 0.3 is 0 Å². The first kappa shape index (κ1) is 12.7. The van der Waals surface area contributed by atoms with Crippen LogP contribution in [0.3, 0.4) is 0 Å². The molecule has 0 radical (unpaired) electrons. The van der Waals surface area contributed by atoms with Crippen LogP contribution in [0.15, 0.2) is 48.6 Å².